The van der Waals surface area contributed by atoms with Crippen LogP contribution in [0.25, 0.3) is 0 Å². The van der Waals surface area contributed by atoms with E-state index in [1.54, 1.807) is 11.8 Å². The van der Waals surface area contributed by atoms with Crippen molar-refractivity contribution in [1.29, 1.82) is 0 Å². The fourth-order valence-electron chi connectivity index (χ4n) is 3.42. The lowest BCUT2D eigenvalue weighted by Gasteiger charge is -2.47. The number of rotatable bonds is 2. The molecular formula is C16H25N2O+. The van der Waals surface area contributed by atoms with Crippen LogP contribution in [-0.4, -0.2) is 25.5 Å². The number of benzene rings is 1. The van der Waals surface area contributed by atoms with Gasteiger partial charge in [-0.05, 0) is 12.5 Å². The van der Waals surface area contributed by atoms with E-state index in [0.29, 0.717) is 12.0 Å². The highest BCUT2D eigenvalue weighted by atomic mass is 16.1. The standard InChI is InChI=1S/C16H24N2O/c1-12-11-18(4)13(2)10-16(12,17-14(3)19)15-8-6-5-7-9-15/h5-9,12-13H,10-11H2,1-4H3,(H,17,19)/p+1/t12-,13-,16-/m1/s1. The largest absolute Gasteiger partial charge is 0.346 e. The van der Waals surface area contributed by atoms with Crippen LogP contribution in [0.4, 0.5) is 0 Å². The van der Waals surface area contributed by atoms with Crippen molar-refractivity contribution in [3.8, 4) is 0 Å². The van der Waals surface area contributed by atoms with Crippen molar-refractivity contribution in [3.63, 3.8) is 0 Å². The van der Waals surface area contributed by atoms with Crippen molar-refractivity contribution in [1.82, 2.24) is 5.32 Å². The van der Waals surface area contributed by atoms with Crippen LogP contribution < -0.4 is 10.2 Å². The van der Waals surface area contributed by atoms with Crippen LogP contribution in [0.1, 0.15) is 32.8 Å². The van der Waals surface area contributed by atoms with E-state index in [2.05, 4.69) is 50.5 Å². The lowest BCUT2D eigenvalue weighted by Crippen LogP contribution is -3.15. The number of nitrogens with one attached hydrogen (secondary N) is 2. The van der Waals surface area contributed by atoms with Gasteiger partial charge in [0, 0.05) is 19.3 Å². The van der Waals surface area contributed by atoms with Crippen LogP contribution in [0.5, 0.6) is 0 Å². The Morgan fingerprint density at radius 2 is 1.95 bits per heavy atom. The molecule has 19 heavy (non-hydrogen) atoms. The summed E-state index contributed by atoms with van der Waals surface area (Å²) in [5, 5.41) is 3.26. The number of hydrogen-bond donors (Lipinski definition) is 2. The van der Waals surface area contributed by atoms with Gasteiger partial charge in [0.15, 0.2) is 0 Å². The van der Waals surface area contributed by atoms with Crippen LogP contribution in [0.2, 0.25) is 0 Å². The Morgan fingerprint density at radius 1 is 1.32 bits per heavy atom. The van der Waals surface area contributed by atoms with E-state index in [1.807, 2.05) is 6.07 Å². The lowest BCUT2D eigenvalue weighted by molar-refractivity contribution is -0.915. The van der Waals surface area contributed by atoms with Crippen LogP contribution in [0, 0.1) is 5.92 Å². The second-order valence-electron chi connectivity index (χ2n) is 6.08. The molecule has 0 aromatic heterocycles. The van der Waals surface area contributed by atoms with Gasteiger partial charge >= 0.3 is 0 Å². The normalized spacial score (nSPS) is 34.8. The highest BCUT2D eigenvalue weighted by Gasteiger charge is 2.46. The summed E-state index contributed by atoms with van der Waals surface area (Å²) in [4.78, 5) is 13.3. The average Bonchev–Trinajstić information content (AvgIpc) is 2.36. The summed E-state index contributed by atoms with van der Waals surface area (Å²) in [5.74, 6) is 0.484. The second kappa shape index (κ2) is 5.33. The summed E-state index contributed by atoms with van der Waals surface area (Å²) in [6.07, 6.45) is 0.990. The molecule has 3 nitrogen and oxygen atoms in total. The molecule has 0 saturated carbocycles. The van der Waals surface area contributed by atoms with Gasteiger partial charge in [-0.25, -0.2) is 0 Å². The summed E-state index contributed by atoms with van der Waals surface area (Å²) in [7, 11) is 2.24. The van der Waals surface area contributed by atoms with Gasteiger partial charge in [-0.1, -0.05) is 37.3 Å². The molecule has 3 heteroatoms. The molecule has 1 fully saturated rings. The third-order valence-corrected chi connectivity index (χ3v) is 4.63. The number of carbonyl (C=O) groups is 1. The first-order valence-electron chi connectivity index (χ1n) is 7.12. The molecule has 0 radical (unpaired) electrons. The van der Waals surface area contributed by atoms with E-state index in [1.165, 1.54) is 5.56 Å². The molecule has 1 amide bonds. The van der Waals surface area contributed by atoms with Gasteiger partial charge in [0.25, 0.3) is 0 Å². The molecule has 1 unspecified atom stereocenters. The van der Waals surface area contributed by atoms with Crippen molar-refractivity contribution in [2.45, 2.75) is 38.8 Å². The smallest absolute Gasteiger partial charge is 0.217 e. The zero-order chi connectivity index (χ0) is 14.0. The molecule has 2 N–H and O–H groups in total. The monoisotopic (exact) mass is 261 g/mol. The molecule has 1 aromatic rings. The first kappa shape index (κ1) is 14.1. The van der Waals surface area contributed by atoms with Gasteiger partial charge in [0.1, 0.15) is 0 Å². The van der Waals surface area contributed by atoms with Crippen LogP contribution in [-0.2, 0) is 10.3 Å². The molecule has 1 aromatic carbocycles. The second-order valence-corrected chi connectivity index (χ2v) is 6.08. The van der Waals surface area contributed by atoms with Crippen molar-refractivity contribution >= 4 is 5.91 Å². The minimum atomic E-state index is -0.216. The highest BCUT2D eigenvalue weighted by Crippen LogP contribution is 2.35. The van der Waals surface area contributed by atoms with Crippen molar-refractivity contribution in [2.24, 2.45) is 5.92 Å². The molecule has 1 aliphatic rings. The predicted octanol–water partition coefficient (Wildman–Crippen LogP) is 0.961. The van der Waals surface area contributed by atoms with Gasteiger partial charge in [0.2, 0.25) is 5.91 Å². The van der Waals surface area contributed by atoms with E-state index in [-0.39, 0.29) is 11.4 Å². The third kappa shape index (κ3) is 2.66. The Balaban J connectivity index is 2.43. The summed E-state index contributed by atoms with van der Waals surface area (Å²) >= 11 is 0. The molecule has 4 atom stereocenters. The molecular weight excluding hydrogens is 236 g/mol. The van der Waals surface area contributed by atoms with E-state index in [4.69, 9.17) is 0 Å². The molecule has 1 aliphatic heterocycles. The van der Waals surface area contributed by atoms with E-state index in [9.17, 15) is 4.79 Å². The van der Waals surface area contributed by atoms with Gasteiger partial charge in [-0.2, -0.15) is 0 Å². The maximum atomic E-state index is 11.7. The summed E-state index contributed by atoms with van der Waals surface area (Å²) in [6.45, 7) is 7.21. The Kier molecular flexibility index (Phi) is 3.95. The maximum absolute atomic E-state index is 11.7. The first-order valence-corrected chi connectivity index (χ1v) is 7.12. The van der Waals surface area contributed by atoms with Crippen molar-refractivity contribution in [2.75, 3.05) is 13.6 Å². The van der Waals surface area contributed by atoms with Crippen LogP contribution >= 0.6 is 0 Å². The Bertz CT molecular complexity index is 445. The molecule has 1 heterocycles. The summed E-state index contributed by atoms with van der Waals surface area (Å²) < 4.78 is 0. The Labute approximate surface area is 116 Å². The topological polar surface area (TPSA) is 33.5 Å². The Morgan fingerprint density at radius 3 is 2.53 bits per heavy atom. The fourth-order valence-corrected chi connectivity index (χ4v) is 3.42. The minimum Gasteiger partial charge on any atom is -0.346 e. The van der Waals surface area contributed by atoms with Crippen LogP contribution in [0.15, 0.2) is 30.3 Å². The molecule has 1 saturated heterocycles. The van der Waals surface area contributed by atoms with Crippen molar-refractivity contribution < 1.29 is 9.69 Å². The van der Waals surface area contributed by atoms with Crippen LogP contribution in [0.3, 0.4) is 0 Å². The first-order chi connectivity index (χ1) is 8.95. The SMILES string of the molecule is CC(=O)N[C@]1(c2ccccc2)C[C@@H](C)[NH+](C)C[C@H]1C. The van der Waals surface area contributed by atoms with E-state index >= 15 is 0 Å². The molecule has 104 valence electrons. The third-order valence-electron chi connectivity index (χ3n) is 4.63. The summed E-state index contributed by atoms with van der Waals surface area (Å²) in [6, 6.07) is 11.0. The average molecular weight is 261 g/mol. The summed E-state index contributed by atoms with van der Waals surface area (Å²) in [5.41, 5.74) is 1.02. The number of carbonyl (C=O) groups excluding carboxylic acids is 1. The molecule has 2 rings (SSSR count). The van der Waals surface area contributed by atoms with Gasteiger partial charge in [0.05, 0.1) is 25.2 Å². The van der Waals surface area contributed by atoms with Gasteiger partial charge in [-0.3, -0.25) is 4.79 Å². The minimum absolute atomic E-state index is 0.0578. The molecule has 0 aliphatic carbocycles. The maximum Gasteiger partial charge on any atom is 0.217 e. The molecule has 0 bridgehead atoms. The number of hydrogen-bond acceptors (Lipinski definition) is 1. The molecule has 0 spiro atoms. The predicted molar refractivity (Wildman–Crippen MR) is 76.9 cm³/mol. The quantitative estimate of drug-likeness (QED) is 0.817. The number of amides is 1. The van der Waals surface area contributed by atoms with E-state index < -0.39 is 0 Å². The fraction of sp³-hybridized carbons (Fsp3) is 0.562. The van der Waals surface area contributed by atoms with Crippen molar-refractivity contribution in [3.05, 3.63) is 35.9 Å². The number of quaternary nitrogens is 1. The van der Waals surface area contributed by atoms with Gasteiger partial charge < -0.3 is 10.2 Å². The highest BCUT2D eigenvalue weighted by molar-refractivity contribution is 5.74. The lowest BCUT2D eigenvalue weighted by atomic mass is 9.71. The Hall–Kier alpha value is -1.35. The number of piperidine rings is 1. The van der Waals surface area contributed by atoms with Gasteiger partial charge in [-0.15, -0.1) is 0 Å². The number of likely N-dealkylation sites (tertiary alicyclic amines) is 1. The van der Waals surface area contributed by atoms with E-state index in [0.717, 1.165) is 13.0 Å². The zero-order valence-corrected chi connectivity index (χ0v) is 12.4. The zero-order valence-electron chi connectivity index (χ0n) is 12.4.